The van der Waals surface area contributed by atoms with E-state index in [-0.39, 0.29) is 0 Å². The number of hydrogen-bond donors (Lipinski definition) is 0. The van der Waals surface area contributed by atoms with Crippen molar-refractivity contribution in [3.8, 4) is 11.6 Å². The van der Waals surface area contributed by atoms with Crippen LogP contribution < -0.4 is 0 Å². The molecular weight excluding hydrogens is 312 g/mol. The maximum Gasteiger partial charge on any atom is 0.177 e. The van der Waals surface area contributed by atoms with Gasteiger partial charge in [0.15, 0.2) is 16.3 Å². The zero-order chi connectivity index (χ0) is 10.1. The monoisotopic (exact) mass is 318 g/mol. The van der Waals surface area contributed by atoms with Gasteiger partial charge in [0, 0.05) is 6.54 Å². The Morgan fingerprint density at radius 2 is 2.21 bits per heavy atom. The van der Waals surface area contributed by atoms with E-state index in [0.717, 1.165) is 22.7 Å². The Hall–Kier alpha value is -0.550. The average molecular weight is 320 g/mol. The molecule has 0 spiro atoms. The maximum atomic E-state index is 5.44. The lowest BCUT2D eigenvalue weighted by Crippen LogP contribution is -1.96. The number of halogens is 2. The van der Waals surface area contributed by atoms with E-state index < -0.39 is 0 Å². The zero-order valence-corrected chi connectivity index (χ0v) is 10.7. The van der Waals surface area contributed by atoms with Crippen LogP contribution >= 0.6 is 31.9 Å². The summed E-state index contributed by atoms with van der Waals surface area (Å²) in [4.78, 5) is 4.27. The third-order valence-corrected chi connectivity index (χ3v) is 2.98. The van der Waals surface area contributed by atoms with Crippen LogP contribution in [0.2, 0.25) is 0 Å². The molecule has 74 valence electrons. The molecule has 3 nitrogen and oxygen atoms in total. The predicted octanol–water partition coefficient (Wildman–Crippen LogP) is 3.69. The molecule has 14 heavy (non-hydrogen) atoms. The average Bonchev–Trinajstić information content (AvgIpc) is 2.71. The van der Waals surface area contributed by atoms with Gasteiger partial charge in [-0.05, 0) is 50.9 Å². The molecule has 0 saturated heterocycles. The second kappa shape index (κ2) is 3.90. The van der Waals surface area contributed by atoms with Gasteiger partial charge in [-0.3, -0.25) is 0 Å². The van der Waals surface area contributed by atoms with Gasteiger partial charge in [-0.25, -0.2) is 4.98 Å². The molecule has 5 heteroatoms. The van der Waals surface area contributed by atoms with Crippen molar-refractivity contribution in [2.75, 3.05) is 0 Å². The van der Waals surface area contributed by atoms with Crippen molar-refractivity contribution in [1.29, 1.82) is 0 Å². The van der Waals surface area contributed by atoms with Crippen molar-refractivity contribution in [2.24, 2.45) is 0 Å². The Morgan fingerprint density at radius 1 is 1.43 bits per heavy atom. The molecule has 2 aromatic heterocycles. The van der Waals surface area contributed by atoms with Gasteiger partial charge in [0.05, 0.1) is 6.20 Å². The molecule has 0 radical (unpaired) electrons. The highest BCUT2D eigenvalue weighted by Crippen LogP contribution is 2.26. The van der Waals surface area contributed by atoms with Gasteiger partial charge in [0.25, 0.3) is 0 Å². The fourth-order valence-electron chi connectivity index (χ4n) is 1.29. The molecule has 0 aliphatic rings. The lowest BCUT2D eigenvalue weighted by atomic mass is 10.4. The van der Waals surface area contributed by atoms with E-state index in [1.54, 1.807) is 6.20 Å². The van der Waals surface area contributed by atoms with Gasteiger partial charge < -0.3 is 8.98 Å². The highest BCUT2D eigenvalue weighted by molar-refractivity contribution is 9.10. The molecule has 2 heterocycles. The molecule has 0 amide bonds. The summed E-state index contributed by atoms with van der Waals surface area (Å²) in [5.41, 5.74) is 0. The number of aromatic nitrogens is 2. The smallest absolute Gasteiger partial charge is 0.177 e. The van der Waals surface area contributed by atoms with Gasteiger partial charge in [-0.15, -0.1) is 0 Å². The Labute approximate surface area is 98.4 Å². The van der Waals surface area contributed by atoms with Gasteiger partial charge in [0.2, 0.25) is 0 Å². The first kappa shape index (κ1) is 9.98. The van der Waals surface area contributed by atoms with E-state index in [4.69, 9.17) is 4.42 Å². The predicted molar refractivity (Wildman–Crippen MR) is 61.0 cm³/mol. The number of nitrogens with zero attached hydrogens (tertiary/aromatic N) is 2. The minimum Gasteiger partial charge on any atom is -0.446 e. The van der Waals surface area contributed by atoms with E-state index in [1.807, 2.05) is 16.7 Å². The number of furan rings is 1. The van der Waals surface area contributed by atoms with Crippen molar-refractivity contribution in [2.45, 2.75) is 13.5 Å². The molecule has 2 rings (SSSR count). The van der Waals surface area contributed by atoms with Crippen LogP contribution in [0, 0.1) is 0 Å². The van der Waals surface area contributed by atoms with Crippen LogP contribution in [-0.2, 0) is 6.54 Å². The second-order valence-electron chi connectivity index (χ2n) is 2.75. The van der Waals surface area contributed by atoms with E-state index >= 15 is 0 Å². The molecule has 0 bridgehead atoms. The summed E-state index contributed by atoms with van der Waals surface area (Å²) >= 11 is 6.70. The number of rotatable bonds is 2. The topological polar surface area (TPSA) is 31.0 Å². The lowest BCUT2D eigenvalue weighted by Gasteiger charge is -2.02. The first-order chi connectivity index (χ1) is 6.72. The molecule has 0 N–H and O–H groups in total. The molecule has 0 saturated carbocycles. The van der Waals surface area contributed by atoms with Gasteiger partial charge in [0.1, 0.15) is 4.60 Å². The first-order valence-electron chi connectivity index (χ1n) is 4.19. The third-order valence-electron chi connectivity index (χ3n) is 1.92. The Morgan fingerprint density at radius 3 is 2.79 bits per heavy atom. The summed E-state index contributed by atoms with van der Waals surface area (Å²) in [5.74, 6) is 1.61. The van der Waals surface area contributed by atoms with Crippen molar-refractivity contribution in [3.63, 3.8) is 0 Å². The molecule has 0 fully saturated rings. The van der Waals surface area contributed by atoms with Crippen molar-refractivity contribution in [3.05, 3.63) is 27.6 Å². The highest BCUT2D eigenvalue weighted by Gasteiger charge is 2.11. The molecule has 0 aromatic carbocycles. The summed E-state index contributed by atoms with van der Waals surface area (Å²) in [6.45, 7) is 2.92. The van der Waals surface area contributed by atoms with Crippen LogP contribution in [0.25, 0.3) is 11.6 Å². The van der Waals surface area contributed by atoms with Crippen LogP contribution in [0.5, 0.6) is 0 Å². The standard InChI is InChI=1S/C9H8Br2N2O/c1-2-13-7(10)5-12-9(13)6-3-4-8(11)14-6/h3-5H,2H2,1H3. The van der Waals surface area contributed by atoms with Gasteiger partial charge >= 0.3 is 0 Å². The van der Waals surface area contributed by atoms with Crippen LogP contribution in [0.15, 0.2) is 32.0 Å². The molecular formula is C9H8Br2N2O. The summed E-state index contributed by atoms with van der Waals surface area (Å²) < 4.78 is 9.15. The van der Waals surface area contributed by atoms with E-state index in [2.05, 4.69) is 43.8 Å². The normalized spacial score (nSPS) is 10.8. The third kappa shape index (κ3) is 1.66. The fraction of sp³-hybridized carbons (Fsp3) is 0.222. The number of hydrogen-bond acceptors (Lipinski definition) is 2. The van der Waals surface area contributed by atoms with Gasteiger partial charge in [-0.2, -0.15) is 0 Å². The molecule has 0 aliphatic carbocycles. The fourth-order valence-corrected chi connectivity index (χ4v) is 2.11. The minimum absolute atomic E-state index is 0.717. The SMILES string of the molecule is CCn1c(Br)cnc1-c1ccc(Br)o1. The maximum absolute atomic E-state index is 5.44. The number of imidazole rings is 1. The summed E-state index contributed by atoms with van der Waals surface area (Å²) in [6.07, 6.45) is 1.77. The van der Waals surface area contributed by atoms with E-state index in [0.29, 0.717) is 4.67 Å². The van der Waals surface area contributed by atoms with Crippen molar-refractivity contribution in [1.82, 2.24) is 9.55 Å². The van der Waals surface area contributed by atoms with Crippen LogP contribution in [0.4, 0.5) is 0 Å². The molecule has 0 atom stereocenters. The largest absolute Gasteiger partial charge is 0.446 e. The lowest BCUT2D eigenvalue weighted by molar-refractivity contribution is 0.545. The summed E-state index contributed by atoms with van der Waals surface area (Å²) in [6, 6.07) is 3.75. The summed E-state index contributed by atoms with van der Waals surface area (Å²) in [5, 5.41) is 0. The zero-order valence-electron chi connectivity index (χ0n) is 7.50. The summed E-state index contributed by atoms with van der Waals surface area (Å²) in [7, 11) is 0. The van der Waals surface area contributed by atoms with E-state index in [9.17, 15) is 0 Å². The Balaban J connectivity index is 2.51. The Kier molecular flexibility index (Phi) is 2.78. The van der Waals surface area contributed by atoms with Crippen LogP contribution in [0.3, 0.4) is 0 Å². The second-order valence-corrected chi connectivity index (χ2v) is 4.35. The highest BCUT2D eigenvalue weighted by atomic mass is 79.9. The molecule has 0 unspecified atom stereocenters. The Bertz CT molecular complexity index is 447. The quantitative estimate of drug-likeness (QED) is 0.845. The molecule has 2 aromatic rings. The van der Waals surface area contributed by atoms with Crippen molar-refractivity contribution < 1.29 is 4.42 Å². The molecule has 0 aliphatic heterocycles. The minimum atomic E-state index is 0.717. The van der Waals surface area contributed by atoms with E-state index in [1.165, 1.54) is 0 Å². The van der Waals surface area contributed by atoms with Gasteiger partial charge in [-0.1, -0.05) is 0 Å². The van der Waals surface area contributed by atoms with Crippen molar-refractivity contribution >= 4 is 31.9 Å². The first-order valence-corrected chi connectivity index (χ1v) is 5.77. The van der Waals surface area contributed by atoms with Crippen LogP contribution in [0.1, 0.15) is 6.92 Å². The van der Waals surface area contributed by atoms with Crippen LogP contribution in [-0.4, -0.2) is 9.55 Å².